The molecule has 0 heterocycles. The summed E-state index contributed by atoms with van der Waals surface area (Å²) < 4.78 is 0. The number of hydrogen-bond donors (Lipinski definition) is 0. The van der Waals surface area contributed by atoms with E-state index in [0.29, 0.717) is 0 Å². The van der Waals surface area contributed by atoms with E-state index in [1.54, 1.807) is 0 Å². The van der Waals surface area contributed by atoms with Crippen molar-refractivity contribution in [3.8, 4) is 0 Å². The van der Waals surface area contributed by atoms with Crippen LogP contribution < -0.4 is 24.0 Å². The molecule has 0 aromatic carbocycles. The summed E-state index contributed by atoms with van der Waals surface area (Å²) in [6, 6.07) is 0. The molecular formula is C6H15IN-. The lowest BCUT2D eigenvalue weighted by Gasteiger charge is -2.13. The van der Waals surface area contributed by atoms with Gasteiger partial charge < -0.3 is 28.9 Å². The molecule has 0 aromatic rings. The van der Waals surface area contributed by atoms with E-state index in [0.717, 1.165) is 0 Å². The Morgan fingerprint density at radius 3 is 1.12 bits per heavy atom. The molecule has 0 saturated heterocycles. The zero-order chi connectivity index (χ0) is 5.70. The van der Waals surface area contributed by atoms with Crippen molar-refractivity contribution in [3.63, 3.8) is 0 Å². The first-order valence-electron chi connectivity index (χ1n) is 3.07. The van der Waals surface area contributed by atoms with Crippen molar-refractivity contribution in [3.05, 3.63) is 0 Å². The summed E-state index contributed by atoms with van der Waals surface area (Å²) >= 11 is 0. The monoisotopic (exact) mass is 228 g/mol. The third kappa shape index (κ3) is 4.84. The smallest absolute Gasteiger partial charge is 0.00474 e. The van der Waals surface area contributed by atoms with Crippen molar-refractivity contribution < 1.29 is 24.0 Å². The van der Waals surface area contributed by atoms with E-state index in [1.807, 2.05) is 0 Å². The van der Waals surface area contributed by atoms with Crippen LogP contribution >= 0.6 is 0 Å². The molecule has 0 aliphatic heterocycles. The molecule has 0 aliphatic rings. The van der Waals surface area contributed by atoms with Crippen molar-refractivity contribution in [1.29, 1.82) is 0 Å². The van der Waals surface area contributed by atoms with Gasteiger partial charge in [0.05, 0.1) is 0 Å². The number of rotatable bonds is 3. The summed E-state index contributed by atoms with van der Waals surface area (Å²) in [6.45, 7) is 10.1. The predicted octanol–water partition coefficient (Wildman–Crippen LogP) is -1.65. The van der Waals surface area contributed by atoms with Gasteiger partial charge in [-0.15, -0.1) is 0 Å². The molecule has 0 saturated carbocycles. The lowest BCUT2D eigenvalue weighted by atomic mass is 10.5. The van der Waals surface area contributed by atoms with Crippen molar-refractivity contribution in [2.24, 2.45) is 0 Å². The van der Waals surface area contributed by atoms with Gasteiger partial charge in [-0.1, -0.05) is 20.8 Å². The van der Waals surface area contributed by atoms with Gasteiger partial charge in [-0.3, -0.25) is 0 Å². The normalized spacial score (nSPS) is 9.00. The molecule has 2 heteroatoms. The Bertz CT molecular complexity index is 30.0. The van der Waals surface area contributed by atoms with Gasteiger partial charge in [0.15, 0.2) is 0 Å². The fraction of sp³-hybridized carbons (Fsp3) is 1.00. The maximum Gasteiger partial charge on any atom is -0.00474 e. The molecule has 0 atom stereocenters. The minimum atomic E-state index is 0. The highest BCUT2D eigenvalue weighted by molar-refractivity contribution is 4.43. The van der Waals surface area contributed by atoms with Crippen molar-refractivity contribution in [1.82, 2.24) is 4.90 Å². The minimum Gasteiger partial charge on any atom is -1.00 e. The van der Waals surface area contributed by atoms with Gasteiger partial charge in [0.25, 0.3) is 0 Å². The third-order valence-corrected chi connectivity index (χ3v) is 1.34. The largest absolute Gasteiger partial charge is 1.00 e. The second-order valence-electron chi connectivity index (χ2n) is 1.62. The zero-order valence-corrected chi connectivity index (χ0v) is 8.10. The van der Waals surface area contributed by atoms with E-state index in [-0.39, 0.29) is 24.0 Å². The molecule has 0 N–H and O–H groups in total. The minimum absolute atomic E-state index is 0. The molecule has 0 unspecified atom stereocenters. The van der Waals surface area contributed by atoms with E-state index in [2.05, 4.69) is 25.7 Å². The predicted molar refractivity (Wildman–Crippen MR) is 33.5 cm³/mol. The highest BCUT2D eigenvalue weighted by Crippen LogP contribution is 1.81. The molecule has 0 aliphatic carbocycles. The first-order chi connectivity index (χ1) is 3.35. The first kappa shape index (κ1) is 11.5. The van der Waals surface area contributed by atoms with E-state index in [9.17, 15) is 0 Å². The van der Waals surface area contributed by atoms with Gasteiger partial charge >= 0.3 is 0 Å². The number of halogens is 1. The van der Waals surface area contributed by atoms with E-state index in [4.69, 9.17) is 0 Å². The average Bonchev–Trinajstić information content (AvgIpc) is 1.72. The van der Waals surface area contributed by atoms with Crippen LogP contribution in [0.25, 0.3) is 0 Å². The summed E-state index contributed by atoms with van der Waals surface area (Å²) in [7, 11) is 0. The molecule has 0 spiro atoms. The summed E-state index contributed by atoms with van der Waals surface area (Å²) in [5.41, 5.74) is 0. The van der Waals surface area contributed by atoms with Crippen LogP contribution in [0.15, 0.2) is 0 Å². The summed E-state index contributed by atoms with van der Waals surface area (Å²) in [5.74, 6) is 0. The molecule has 0 amide bonds. The molecule has 1 nitrogen and oxygen atoms in total. The fourth-order valence-corrected chi connectivity index (χ4v) is 0.671. The highest BCUT2D eigenvalue weighted by atomic mass is 127. The van der Waals surface area contributed by atoms with Gasteiger partial charge in [-0.2, -0.15) is 0 Å². The van der Waals surface area contributed by atoms with E-state index in [1.165, 1.54) is 19.6 Å². The zero-order valence-electron chi connectivity index (χ0n) is 5.95. The molecular weight excluding hydrogens is 213 g/mol. The molecule has 0 radical (unpaired) electrons. The third-order valence-electron chi connectivity index (χ3n) is 1.34. The summed E-state index contributed by atoms with van der Waals surface area (Å²) in [6.07, 6.45) is 0. The maximum atomic E-state index is 2.38. The highest BCUT2D eigenvalue weighted by Gasteiger charge is 1.89. The Morgan fingerprint density at radius 2 is 1.12 bits per heavy atom. The quantitative estimate of drug-likeness (QED) is 0.523. The Balaban J connectivity index is 0. The molecule has 0 aromatic heterocycles. The Hall–Kier alpha value is 0.690. The van der Waals surface area contributed by atoms with Crippen LogP contribution in [0.1, 0.15) is 20.8 Å². The first-order valence-corrected chi connectivity index (χ1v) is 3.07. The van der Waals surface area contributed by atoms with Gasteiger partial charge in [0, 0.05) is 0 Å². The van der Waals surface area contributed by atoms with E-state index >= 15 is 0 Å². The second kappa shape index (κ2) is 7.69. The number of nitrogens with zero attached hydrogens (tertiary/aromatic N) is 1. The van der Waals surface area contributed by atoms with Gasteiger partial charge in [0.1, 0.15) is 0 Å². The van der Waals surface area contributed by atoms with Crippen molar-refractivity contribution >= 4 is 0 Å². The average molecular weight is 228 g/mol. The van der Waals surface area contributed by atoms with Crippen molar-refractivity contribution in [2.75, 3.05) is 19.6 Å². The van der Waals surface area contributed by atoms with Crippen molar-refractivity contribution in [2.45, 2.75) is 20.8 Å². The van der Waals surface area contributed by atoms with Gasteiger partial charge in [-0.25, -0.2) is 0 Å². The Kier molecular flexibility index (Phi) is 11.0. The van der Waals surface area contributed by atoms with Crippen LogP contribution in [0.2, 0.25) is 0 Å². The lowest BCUT2D eigenvalue weighted by molar-refractivity contribution is -0.00000175. The molecule has 52 valence electrons. The molecule has 0 fully saturated rings. The van der Waals surface area contributed by atoms with Crippen LogP contribution in [-0.2, 0) is 0 Å². The number of hydrogen-bond acceptors (Lipinski definition) is 1. The van der Waals surface area contributed by atoms with Gasteiger partial charge in [-0.05, 0) is 19.6 Å². The SMILES string of the molecule is CCN(CC)CC.[I-]. The summed E-state index contributed by atoms with van der Waals surface area (Å²) in [4.78, 5) is 2.38. The fourth-order valence-electron chi connectivity index (χ4n) is 0.671. The topological polar surface area (TPSA) is 3.24 Å². The van der Waals surface area contributed by atoms with Crippen LogP contribution in [0.3, 0.4) is 0 Å². The molecule has 0 bridgehead atoms. The second-order valence-corrected chi connectivity index (χ2v) is 1.62. The summed E-state index contributed by atoms with van der Waals surface area (Å²) in [5, 5.41) is 0. The van der Waals surface area contributed by atoms with Crippen LogP contribution in [-0.4, -0.2) is 24.5 Å². The maximum absolute atomic E-state index is 2.38. The standard InChI is InChI=1S/C6H15N.HI/c1-4-7(5-2)6-3;/h4-6H2,1-3H3;1H/p-1. The Morgan fingerprint density at radius 1 is 0.875 bits per heavy atom. The van der Waals surface area contributed by atoms with Crippen LogP contribution in [0, 0.1) is 0 Å². The Labute approximate surface area is 69.5 Å². The lowest BCUT2D eigenvalue weighted by Crippen LogP contribution is -3.00. The molecule has 0 rings (SSSR count). The van der Waals surface area contributed by atoms with Crippen LogP contribution in [0.4, 0.5) is 0 Å². The van der Waals surface area contributed by atoms with Crippen LogP contribution in [0.5, 0.6) is 0 Å². The van der Waals surface area contributed by atoms with Gasteiger partial charge in [0.2, 0.25) is 0 Å². The van der Waals surface area contributed by atoms with E-state index < -0.39 is 0 Å². The molecule has 8 heavy (non-hydrogen) atoms.